The summed E-state index contributed by atoms with van der Waals surface area (Å²) in [6.45, 7) is 3.80. The fourth-order valence-electron chi connectivity index (χ4n) is 0.941. The summed E-state index contributed by atoms with van der Waals surface area (Å²) < 4.78 is 5.04. The van der Waals surface area contributed by atoms with Gasteiger partial charge < -0.3 is 4.74 Å². The summed E-state index contributed by atoms with van der Waals surface area (Å²) in [6.07, 6.45) is 2.85. The topological polar surface area (TPSA) is 39.2 Å². The van der Waals surface area contributed by atoms with Crippen LogP contribution < -0.4 is 4.74 Å². The highest BCUT2D eigenvalue weighted by Gasteiger charge is 2.05. The van der Waals surface area contributed by atoms with Crippen molar-refractivity contribution >= 4 is 5.97 Å². The molecule has 1 heterocycles. The number of carbonyl (C=O) groups excluding carboxylic acids is 1. The van der Waals surface area contributed by atoms with E-state index in [4.69, 9.17) is 4.74 Å². The standard InChI is InChI=1S/C10H13NO2/c1-3-5-9(12)13-10-8(2)6-4-7-11-10/h4,6-7H,3,5H2,1-2H3. The van der Waals surface area contributed by atoms with Crippen molar-refractivity contribution in [2.75, 3.05) is 0 Å². The molecule has 3 heteroatoms. The molecule has 0 aliphatic rings. The minimum absolute atomic E-state index is 0.218. The number of carbonyl (C=O) groups is 1. The van der Waals surface area contributed by atoms with Gasteiger partial charge in [-0.15, -0.1) is 0 Å². The van der Waals surface area contributed by atoms with Crippen LogP contribution in [0.2, 0.25) is 0 Å². The van der Waals surface area contributed by atoms with Crippen LogP contribution in [0.1, 0.15) is 25.3 Å². The van der Waals surface area contributed by atoms with E-state index < -0.39 is 0 Å². The van der Waals surface area contributed by atoms with Gasteiger partial charge in [-0.25, -0.2) is 4.98 Å². The Morgan fingerprint density at radius 1 is 1.62 bits per heavy atom. The van der Waals surface area contributed by atoms with Gasteiger partial charge in [-0.1, -0.05) is 13.0 Å². The van der Waals surface area contributed by atoms with E-state index in [0.717, 1.165) is 12.0 Å². The average molecular weight is 179 g/mol. The number of rotatable bonds is 3. The van der Waals surface area contributed by atoms with Gasteiger partial charge in [-0.3, -0.25) is 4.79 Å². The fraction of sp³-hybridized carbons (Fsp3) is 0.400. The summed E-state index contributed by atoms with van der Waals surface area (Å²) in [6, 6.07) is 3.67. The Morgan fingerprint density at radius 2 is 2.38 bits per heavy atom. The number of esters is 1. The van der Waals surface area contributed by atoms with Gasteiger partial charge >= 0.3 is 5.97 Å². The lowest BCUT2D eigenvalue weighted by molar-refractivity contribution is -0.134. The number of ether oxygens (including phenoxy) is 1. The lowest BCUT2D eigenvalue weighted by atomic mass is 10.3. The van der Waals surface area contributed by atoms with Gasteiger partial charge in [0.1, 0.15) is 0 Å². The number of aromatic nitrogens is 1. The number of hydrogen-bond donors (Lipinski definition) is 0. The molecule has 0 atom stereocenters. The fourth-order valence-corrected chi connectivity index (χ4v) is 0.941. The number of pyridine rings is 1. The van der Waals surface area contributed by atoms with E-state index in [-0.39, 0.29) is 5.97 Å². The molecule has 3 nitrogen and oxygen atoms in total. The Bertz CT molecular complexity index is 297. The molecular weight excluding hydrogens is 166 g/mol. The molecule has 0 spiro atoms. The van der Waals surface area contributed by atoms with Crippen molar-refractivity contribution in [2.45, 2.75) is 26.7 Å². The maximum absolute atomic E-state index is 11.1. The van der Waals surface area contributed by atoms with Crippen molar-refractivity contribution in [3.05, 3.63) is 23.9 Å². The number of hydrogen-bond acceptors (Lipinski definition) is 3. The van der Waals surface area contributed by atoms with Gasteiger partial charge in [0, 0.05) is 18.2 Å². The average Bonchev–Trinajstić information content (AvgIpc) is 2.09. The van der Waals surface area contributed by atoms with Crippen LogP contribution >= 0.6 is 0 Å². The van der Waals surface area contributed by atoms with Gasteiger partial charge in [0.25, 0.3) is 0 Å². The molecular formula is C10H13NO2. The van der Waals surface area contributed by atoms with E-state index in [1.54, 1.807) is 6.20 Å². The summed E-state index contributed by atoms with van der Waals surface area (Å²) in [4.78, 5) is 15.1. The minimum Gasteiger partial charge on any atom is -0.407 e. The van der Waals surface area contributed by atoms with E-state index in [1.165, 1.54) is 0 Å². The van der Waals surface area contributed by atoms with Gasteiger partial charge in [-0.2, -0.15) is 0 Å². The quantitative estimate of drug-likeness (QED) is 0.667. The summed E-state index contributed by atoms with van der Waals surface area (Å²) in [5.41, 5.74) is 0.881. The van der Waals surface area contributed by atoms with Crippen molar-refractivity contribution in [1.82, 2.24) is 4.98 Å². The Morgan fingerprint density at radius 3 is 3.00 bits per heavy atom. The predicted octanol–water partition coefficient (Wildman–Crippen LogP) is 2.10. The molecule has 0 aliphatic heterocycles. The van der Waals surface area contributed by atoms with Gasteiger partial charge in [0.05, 0.1) is 0 Å². The second-order valence-electron chi connectivity index (χ2n) is 2.85. The van der Waals surface area contributed by atoms with Crippen LogP contribution in [-0.4, -0.2) is 11.0 Å². The summed E-state index contributed by atoms with van der Waals surface area (Å²) in [5.74, 6) is 0.199. The van der Waals surface area contributed by atoms with Crippen molar-refractivity contribution in [2.24, 2.45) is 0 Å². The lowest BCUT2D eigenvalue weighted by Gasteiger charge is -2.03. The minimum atomic E-state index is -0.218. The highest BCUT2D eigenvalue weighted by atomic mass is 16.5. The van der Waals surface area contributed by atoms with E-state index in [0.29, 0.717) is 12.3 Å². The molecule has 0 N–H and O–H groups in total. The van der Waals surface area contributed by atoms with E-state index in [1.807, 2.05) is 26.0 Å². The third kappa shape index (κ3) is 2.86. The predicted molar refractivity (Wildman–Crippen MR) is 49.5 cm³/mol. The molecule has 0 amide bonds. The second-order valence-corrected chi connectivity index (χ2v) is 2.85. The van der Waals surface area contributed by atoms with Crippen LogP contribution in [0, 0.1) is 6.92 Å². The monoisotopic (exact) mass is 179 g/mol. The Kier molecular flexibility index (Phi) is 3.43. The molecule has 0 aromatic carbocycles. The molecule has 1 aromatic heterocycles. The molecule has 70 valence electrons. The zero-order valence-electron chi connectivity index (χ0n) is 7.91. The van der Waals surface area contributed by atoms with Crippen LogP contribution in [0.25, 0.3) is 0 Å². The number of aryl methyl sites for hydroxylation is 1. The van der Waals surface area contributed by atoms with Crippen LogP contribution in [0.4, 0.5) is 0 Å². The number of nitrogens with zero attached hydrogens (tertiary/aromatic N) is 1. The molecule has 0 aliphatic carbocycles. The molecule has 0 fully saturated rings. The first-order valence-corrected chi connectivity index (χ1v) is 4.36. The molecule has 1 rings (SSSR count). The van der Waals surface area contributed by atoms with Gasteiger partial charge in [0.2, 0.25) is 5.88 Å². The molecule has 0 saturated heterocycles. The first-order valence-electron chi connectivity index (χ1n) is 4.36. The molecule has 0 unspecified atom stereocenters. The molecule has 1 aromatic rings. The van der Waals surface area contributed by atoms with Crippen LogP contribution in [0.15, 0.2) is 18.3 Å². The molecule has 0 radical (unpaired) electrons. The van der Waals surface area contributed by atoms with E-state index in [2.05, 4.69) is 4.98 Å². The van der Waals surface area contributed by atoms with Crippen molar-refractivity contribution in [3.63, 3.8) is 0 Å². The maximum Gasteiger partial charge on any atom is 0.312 e. The SMILES string of the molecule is CCCC(=O)Oc1ncccc1C. The van der Waals surface area contributed by atoms with Crippen LogP contribution in [-0.2, 0) is 4.79 Å². The van der Waals surface area contributed by atoms with Crippen LogP contribution in [0.5, 0.6) is 5.88 Å². The Labute approximate surface area is 77.8 Å². The highest BCUT2D eigenvalue weighted by molar-refractivity contribution is 5.72. The summed E-state index contributed by atoms with van der Waals surface area (Å²) >= 11 is 0. The van der Waals surface area contributed by atoms with Gasteiger partial charge in [-0.05, 0) is 19.4 Å². The van der Waals surface area contributed by atoms with Crippen LogP contribution in [0.3, 0.4) is 0 Å². The zero-order valence-corrected chi connectivity index (χ0v) is 7.91. The third-order valence-electron chi connectivity index (χ3n) is 1.63. The van der Waals surface area contributed by atoms with E-state index in [9.17, 15) is 4.79 Å². The maximum atomic E-state index is 11.1. The smallest absolute Gasteiger partial charge is 0.312 e. The zero-order chi connectivity index (χ0) is 9.68. The van der Waals surface area contributed by atoms with Crippen molar-refractivity contribution < 1.29 is 9.53 Å². The highest BCUT2D eigenvalue weighted by Crippen LogP contribution is 2.12. The van der Waals surface area contributed by atoms with E-state index >= 15 is 0 Å². The second kappa shape index (κ2) is 4.60. The van der Waals surface area contributed by atoms with Gasteiger partial charge in [0.15, 0.2) is 0 Å². The lowest BCUT2D eigenvalue weighted by Crippen LogP contribution is -2.08. The van der Waals surface area contributed by atoms with Crippen molar-refractivity contribution in [1.29, 1.82) is 0 Å². The molecule has 0 saturated carbocycles. The normalized spacial score (nSPS) is 9.69. The largest absolute Gasteiger partial charge is 0.407 e. The molecule has 13 heavy (non-hydrogen) atoms. The first-order chi connectivity index (χ1) is 6.24. The summed E-state index contributed by atoms with van der Waals surface area (Å²) in [7, 11) is 0. The summed E-state index contributed by atoms with van der Waals surface area (Å²) in [5, 5.41) is 0. The molecule has 0 bridgehead atoms. The Hall–Kier alpha value is -1.38. The first kappa shape index (κ1) is 9.71. The van der Waals surface area contributed by atoms with Crippen molar-refractivity contribution in [3.8, 4) is 5.88 Å². The third-order valence-corrected chi connectivity index (χ3v) is 1.63. The Balaban J connectivity index is 2.63.